The van der Waals surface area contributed by atoms with E-state index >= 15 is 0 Å². The molecule has 0 heterocycles. The van der Waals surface area contributed by atoms with Gasteiger partial charge >= 0.3 is 5.97 Å². The Bertz CT molecular complexity index is 250. The Balaban J connectivity index is 4.03. The largest absolute Gasteiger partial charge is 0.479 e. The quantitative estimate of drug-likeness (QED) is 0.563. The van der Waals surface area contributed by atoms with Gasteiger partial charge in [-0.05, 0) is 13.3 Å². The monoisotopic (exact) mass is 233 g/mol. The predicted octanol–water partition coefficient (Wildman–Crippen LogP) is -0.247. The average molecular weight is 233 g/mol. The number of carboxylic acid groups (broad SMARTS) is 1. The van der Waals surface area contributed by atoms with Crippen molar-refractivity contribution in [3.8, 4) is 0 Å². The highest BCUT2D eigenvalue weighted by atomic mass is 16.5. The number of rotatable bonds is 7. The minimum atomic E-state index is -1.45. The molecule has 0 bridgehead atoms. The van der Waals surface area contributed by atoms with Crippen molar-refractivity contribution in [1.29, 1.82) is 0 Å². The summed E-state index contributed by atoms with van der Waals surface area (Å²) < 4.78 is 5.06. The zero-order chi connectivity index (χ0) is 12.8. The summed E-state index contributed by atoms with van der Waals surface area (Å²) >= 11 is 0. The van der Waals surface area contributed by atoms with Gasteiger partial charge in [0.25, 0.3) is 5.91 Å². The van der Waals surface area contributed by atoms with E-state index in [1.54, 1.807) is 6.92 Å². The van der Waals surface area contributed by atoms with Crippen molar-refractivity contribution in [2.45, 2.75) is 38.4 Å². The van der Waals surface area contributed by atoms with Gasteiger partial charge in [0.1, 0.15) is 5.60 Å². The van der Waals surface area contributed by atoms with Crippen LogP contribution < -0.4 is 5.32 Å². The summed E-state index contributed by atoms with van der Waals surface area (Å²) in [4.78, 5) is 21.9. The first-order valence-electron chi connectivity index (χ1n) is 5.11. The van der Waals surface area contributed by atoms with E-state index in [1.165, 1.54) is 7.11 Å². The normalized spacial score (nSPS) is 16.2. The topological polar surface area (TPSA) is 95.9 Å². The lowest BCUT2D eigenvalue weighted by molar-refractivity contribution is -0.147. The molecule has 0 aromatic rings. The summed E-state index contributed by atoms with van der Waals surface area (Å²) in [6.45, 7) is 3.57. The van der Waals surface area contributed by atoms with Crippen molar-refractivity contribution >= 4 is 11.9 Å². The number of carboxylic acids is 1. The highest BCUT2D eigenvalue weighted by Crippen LogP contribution is 2.13. The number of carbonyl (C=O) groups is 2. The van der Waals surface area contributed by atoms with E-state index in [4.69, 9.17) is 14.9 Å². The highest BCUT2D eigenvalue weighted by Gasteiger charge is 2.30. The number of hydrogen-bond acceptors (Lipinski definition) is 4. The van der Waals surface area contributed by atoms with Crippen LogP contribution in [-0.2, 0) is 14.3 Å². The molecule has 0 rings (SSSR count). The van der Waals surface area contributed by atoms with Crippen LogP contribution in [-0.4, -0.2) is 47.4 Å². The number of amides is 1. The van der Waals surface area contributed by atoms with E-state index in [1.807, 2.05) is 6.92 Å². The van der Waals surface area contributed by atoms with E-state index < -0.39 is 17.7 Å². The smallest absolute Gasteiger partial charge is 0.332 e. The van der Waals surface area contributed by atoms with Crippen molar-refractivity contribution in [3.63, 3.8) is 0 Å². The molecule has 6 heteroatoms. The molecule has 0 fully saturated rings. The third-order valence-electron chi connectivity index (χ3n) is 2.59. The number of hydrogen-bond donors (Lipinski definition) is 3. The molecule has 94 valence electrons. The number of carbonyl (C=O) groups excluding carboxylic acids is 1. The minimum absolute atomic E-state index is 0.0232. The van der Waals surface area contributed by atoms with Crippen molar-refractivity contribution in [2.24, 2.45) is 0 Å². The Morgan fingerprint density at radius 3 is 2.44 bits per heavy atom. The first kappa shape index (κ1) is 14.9. The number of aliphatic carboxylic acids is 1. The summed E-state index contributed by atoms with van der Waals surface area (Å²) in [6, 6.07) is 0. The maximum absolute atomic E-state index is 11.6. The number of aliphatic hydroxyl groups is 1. The zero-order valence-electron chi connectivity index (χ0n) is 9.82. The van der Waals surface area contributed by atoms with Crippen LogP contribution in [0.5, 0.6) is 0 Å². The van der Waals surface area contributed by atoms with E-state index in [0.717, 1.165) is 0 Å². The van der Waals surface area contributed by atoms with E-state index in [9.17, 15) is 9.59 Å². The molecule has 0 aliphatic heterocycles. The molecule has 0 radical (unpaired) electrons. The summed E-state index contributed by atoms with van der Waals surface area (Å²) in [6.07, 6.45) is -0.961. The fraction of sp³-hybridized carbons (Fsp3) is 0.800. The summed E-state index contributed by atoms with van der Waals surface area (Å²) in [5.74, 6) is -1.60. The molecule has 0 saturated heterocycles. The number of nitrogens with one attached hydrogen (secondary N) is 1. The van der Waals surface area contributed by atoms with E-state index in [2.05, 4.69) is 5.32 Å². The van der Waals surface area contributed by atoms with Gasteiger partial charge in [-0.25, -0.2) is 4.79 Å². The van der Waals surface area contributed by atoms with Gasteiger partial charge in [-0.15, -0.1) is 0 Å². The predicted molar refractivity (Wildman–Crippen MR) is 57.0 cm³/mol. The van der Waals surface area contributed by atoms with Crippen LogP contribution in [0.25, 0.3) is 0 Å². The van der Waals surface area contributed by atoms with Crippen LogP contribution in [0.15, 0.2) is 0 Å². The Hall–Kier alpha value is -1.14. The van der Waals surface area contributed by atoms with Crippen LogP contribution in [0.4, 0.5) is 0 Å². The molecule has 6 nitrogen and oxygen atoms in total. The van der Waals surface area contributed by atoms with Crippen molar-refractivity contribution in [2.75, 3.05) is 13.7 Å². The third-order valence-corrected chi connectivity index (χ3v) is 2.59. The molecule has 2 atom stereocenters. The molecular weight excluding hydrogens is 214 g/mol. The average Bonchev–Trinajstić information content (AvgIpc) is 2.27. The zero-order valence-corrected chi connectivity index (χ0v) is 9.82. The molecule has 1 unspecified atom stereocenters. The van der Waals surface area contributed by atoms with E-state index in [0.29, 0.717) is 6.42 Å². The summed E-state index contributed by atoms with van der Waals surface area (Å²) in [5.41, 5.74) is -0.909. The number of aliphatic hydroxyl groups excluding tert-OH is 1. The minimum Gasteiger partial charge on any atom is -0.479 e. The first-order valence-corrected chi connectivity index (χ1v) is 5.11. The molecule has 16 heavy (non-hydrogen) atoms. The second-order valence-corrected chi connectivity index (χ2v) is 3.69. The van der Waals surface area contributed by atoms with Gasteiger partial charge in [0.05, 0.1) is 0 Å². The van der Waals surface area contributed by atoms with Crippen molar-refractivity contribution in [1.82, 2.24) is 5.32 Å². The van der Waals surface area contributed by atoms with Gasteiger partial charge in [0, 0.05) is 20.1 Å². The SMILES string of the molecule is CCC(C)(OC)C(=O)NCC[C@H](O)C(=O)O. The molecule has 0 spiro atoms. The maximum atomic E-state index is 11.6. The lowest BCUT2D eigenvalue weighted by Crippen LogP contribution is -2.46. The molecule has 0 aliphatic carbocycles. The number of ether oxygens (including phenoxy) is 1. The summed E-state index contributed by atoms with van der Waals surface area (Å²) in [7, 11) is 1.44. The third kappa shape index (κ3) is 4.16. The van der Waals surface area contributed by atoms with Crippen LogP contribution >= 0.6 is 0 Å². The van der Waals surface area contributed by atoms with Gasteiger partial charge in [0.2, 0.25) is 0 Å². The molecule has 0 aromatic carbocycles. The van der Waals surface area contributed by atoms with Crippen LogP contribution in [0.1, 0.15) is 26.7 Å². The Morgan fingerprint density at radius 2 is 2.06 bits per heavy atom. The molecule has 0 saturated carbocycles. The molecule has 1 amide bonds. The van der Waals surface area contributed by atoms with Crippen LogP contribution in [0.3, 0.4) is 0 Å². The number of methoxy groups -OCH3 is 1. The second kappa shape index (κ2) is 6.44. The van der Waals surface area contributed by atoms with Crippen LogP contribution in [0, 0.1) is 0 Å². The lowest BCUT2D eigenvalue weighted by Gasteiger charge is -2.25. The van der Waals surface area contributed by atoms with Gasteiger partial charge in [-0.3, -0.25) is 4.79 Å². The van der Waals surface area contributed by atoms with Gasteiger partial charge in [-0.2, -0.15) is 0 Å². The van der Waals surface area contributed by atoms with Crippen molar-refractivity contribution < 1.29 is 24.5 Å². The van der Waals surface area contributed by atoms with Crippen LogP contribution in [0.2, 0.25) is 0 Å². The van der Waals surface area contributed by atoms with Gasteiger partial charge in [-0.1, -0.05) is 6.92 Å². The highest BCUT2D eigenvalue weighted by molar-refractivity contribution is 5.84. The molecule has 3 N–H and O–H groups in total. The molecule has 0 aliphatic rings. The summed E-state index contributed by atoms with van der Waals surface area (Å²) in [5, 5.41) is 19.9. The van der Waals surface area contributed by atoms with Crippen molar-refractivity contribution in [3.05, 3.63) is 0 Å². The lowest BCUT2D eigenvalue weighted by atomic mass is 10.0. The van der Waals surface area contributed by atoms with E-state index in [-0.39, 0.29) is 18.9 Å². The van der Waals surface area contributed by atoms with Gasteiger partial charge < -0.3 is 20.3 Å². The fourth-order valence-corrected chi connectivity index (χ4v) is 1.03. The second-order valence-electron chi connectivity index (χ2n) is 3.69. The Labute approximate surface area is 94.6 Å². The maximum Gasteiger partial charge on any atom is 0.332 e. The molecular formula is C10H19NO5. The van der Waals surface area contributed by atoms with Gasteiger partial charge in [0.15, 0.2) is 6.10 Å². The first-order chi connectivity index (χ1) is 7.37. The fourth-order valence-electron chi connectivity index (χ4n) is 1.03. The standard InChI is InChI=1S/C10H19NO5/c1-4-10(2,16-3)9(15)11-6-5-7(12)8(13)14/h7,12H,4-6H2,1-3H3,(H,11,15)(H,13,14)/t7-,10?/m0/s1. The Morgan fingerprint density at radius 1 is 1.50 bits per heavy atom. The Kier molecular flexibility index (Phi) is 5.98. The molecule has 0 aromatic heterocycles.